The maximum absolute atomic E-state index is 12.8. The molecule has 1 amide bonds. The van der Waals surface area contributed by atoms with Gasteiger partial charge < -0.3 is 5.32 Å². The van der Waals surface area contributed by atoms with Gasteiger partial charge in [-0.05, 0) is 43.0 Å². The van der Waals surface area contributed by atoms with Gasteiger partial charge in [-0.1, -0.05) is 25.1 Å². The smallest absolute Gasteiger partial charge is 0.273 e. The first-order chi connectivity index (χ1) is 13.8. The summed E-state index contributed by atoms with van der Waals surface area (Å²) in [7, 11) is -3.56. The Hall–Kier alpha value is -2.78. The number of carbonyl (C=O) groups is 1. The second kappa shape index (κ2) is 8.71. The number of piperidine rings is 1. The van der Waals surface area contributed by atoms with E-state index in [0.29, 0.717) is 30.3 Å². The zero-order valence-corrected chi connectivity index (χ0v) is 16.9. The van der Waals surface area contributed by atoms with Crippen LogP contribution >= 0.6 is 0 Å². The van der Waals surface area contributed by atoms with Gasteiger partial charge in [0.1, 0.15) is 0 Å². The number of sulfonamides is 1. The van der Waals surface area contributed by atoms with Gasteiger partial charge in [0.25, 0.3) is 5.69 Å². The van der Waals surface area contributed by atoms with Crippen molar-refractivity contribution < 1.29 is 18.1 Å². The Labute approximate surface area is 169 Å². The predicted octanol–water partition coefficient (Wildman–Crippen LogP) is 3.20. The van der Waals surface area contributed by atoms with Crippen molar-refractivity contribution in [2.24, 2.45) is 5.92 Å². The number of hydrogen-bond acceptors (Lipinski definition) is 5. The summed E-state index contributed by atoms with van der Waals surface area (Å²) in [4.78, 5) is 23.0. The number of hydrogen-bond donors (Lipinski definition) is 1. The summed E-state index contributed by atoms with van der Waals surface area (Å²) in [6, 6.07) is 12.1. The first kappa shape index (κ1) is 20.9. The Morgan fingerprint density at radius 3 is 2.55 bits per heavy atom. The zero-order valence-electron chi connectivity index (χ0n) is 16.1. The average molecular weight is 417 g/mol. The number of nitrogens with zero attached hydrogens (tertiary/aromatic N) is 2. The fourth-order valence-electron chi connectivity index (χ4n) is 3.44. The molecule has 1 saturated heterocycles. The molecule has 0 bridgehead atoms. The highest BCUT2D eigenvalue weighted by Gasteiger charge is 2.28. The molecule has 3 rings (SSSR count). The van der Waals surface area contributed by atoms with Crippen molar-refractivity contribution in [3.8, 4) is 0 Å². The van der Waals surface area contributed by atoms with E-state index < -0.39 is 20.9 Å². The molecule has 1 aliphatic rings. The maximum Gasteiger partial charge on any atom is 0.273 e. The Kier molecular flexibility index (Phi) is 6.29. The number of carbonyl (C=O) groups excluding carboxylic acids is 1. The van der Waals surface area contributed by atoms with E-state index in [4.69, 9.17) is 0 Å². The molecule has 29 heavy (non-hydrogen) atoms. The number of nitro benzene ring substituents is 1. The second-order valence-electron chi connectivity index (χ2n) is 7.25. The standard InChI is InChI=1S/C20H23N3O5S/c1-15-5-4-12-22(14-15)29(27,28)18-10-8-17(9-11-18)21-20(24)13-16-6-2-3-7-19(16)23(25)26/h2-3,6-11,15H,4-5,12-14H2,1H3,(H,21,24). The van der Waals surface area contributed by atoms with Gasteiger partial charge in [0.05, 0.1) is 16.2 Å². The van der Waals surface area contributed by atoms with Crippen molar-refractivity contribution in [3.05, 3.63) is 64.2 Å². The van der Waals surface area contributed by atoms with Gasteiger partial charge in [0.2, 0.25) is 15.9 Å². The van der Waals surface area contributed by atoms with Crippen LogP contribution in [0.25, 0.3) is 0 Å². The van der Waals surface area contributed by atoms with E-state index in [1.807, 2.05) is 6.92 Å². The van der Waals surface area contributed by atoms with Crippen LogP contribution in [0.3, 0.4) is 0 Å². The highest BCUT2D eigenvalue weighted by atomic mass is 32.2. The monoisotopic (exact) mass is 417 g/mol. The quantitative estimate of drug-likeness (QED) is 0.573. The third-order valence-corrected chi connectivity index (χ3v) is 6.81. The summed E-state index contributed by atoms with van der Waals surface area (Å²) in [6.45, 7) is 3.06. The molecule has 0 saturated carbocycles. The van der Waals surface area contributed by atoms with Crippen molar-refractivity contribution in [3.63, 3.8) is 0 Å². The molecule has 0 aliphatic carbocycles. The Bertz CT molecular complexity index is 1010. The summed E-state index contributed by atoms with van der Waals surface area (Å²) in [5.41, 5.74) is 0.632. The molecule has 2 aromatic rings. The van der Waals surface area contributed by atoms with Crippen LogP contribution in [0, 0.1) is 16.0 Å². The summed E-state index contributed by atoms with van der Waals surface area (Å²) < 4.78 is 27.1. The molecular formula is C20H23N3O5S. The average Bonchev–Trinajstić information content (AvgIpc) is 2.68. The number of benzene rings is 2. The van der Waals surface area contributed by atoms with Crippen molar-refractivity contribution in [1.82, 2.24) is 4.31 Å². The van der Waals surface area contributed by atoms with E-state index in [1.54, 1.807) is 12.1 Å². The zero-order chi connectivity index (χ0) is 21.0. The minimum Gasteiger partial charge on any atom is -0.326 e. The molecule has 2 aromatic carbocycles. The van der Waals surface area contributed by atoms with Crippen LogP contribution < -0.4 is 5.32 Å². The van der Waals surface area contributed by atoms with Crippen LogP contribution in [0.1, 0.15) is 25.3 Å². The first-order valence-corrected chi connectivity index (χ1v) is 10.8. The van der Waals surface area contributed by atoms with Gasteiger partial charge in [-0.25, -0.2) is 8.42 Å². The van der Waals surface area contributed by atoms with E-state index in [-0.39, 0.29) is 17.0 Å². The lowest BCUT2D eigenvalue weighted by molar-refractivity contribution is -0.385. The molecular weight excluding hydrogens is 394 g/mol. The highest BCUT2D eigenvalue weighted by Crippen LogP contribution is 2.24. The van der Waals surface area contributed by atoms with Crippen LogP contribution in [0.15, 0.2) is 53.4 Å². The molecule has 154 valence electrons. The Balaban J connectivity index is 1.68. The van der Waals surface area contributed by atoms with E-state index in [9.17, 15) is 23.3 Å². The van der Waals surface area contributed by atoms with Crippen LogP contribution in [0.5, 0.6) is 0 Å². The SMILES string of the molecule is CC1CCCN(S(=O)(=O)c2ccc(NC(=O)Cc3ccccc3[N+](=O)[O-])cc2)C1. The van der Waals surface area contributed by atoms with E-state index in [2.05, 4.69) is 5.32 Å². The van der Waals surface area contributed by atoms with E-state index in [1.165, 1.54) is 40.7 Å². The molecule has 1 N–H and O–H groups in total. The van der Waals surface area contributed by atoms with E-state index >= 15 is 0 Å². The molecule has 1 heterocycles. The molecule has 1 fully saturated rings. The maximum atomic E-state index is 12.8. The van der Waals surface area contributed by atoms with Gasteiger partial charge in [-0.15, -0.1) is 0 Å². The molecule has 9 heteroatoms. The fraction of sp³-hybridized carbons (Fsp3) is 0.350. The third-order valence-electron chi connectivity index (χ3n) is 4.93. The number of nitro groups is 1. The summed E-state index contributed by atoms with van der Waals surface area (Å²) in [5, 5.41) is 13.7. The van der Waals surface area contributed by atoms with Crippen LogP contribution in [-0.4, -0.2) is 36.6 Å². The predicted molar refractivity (Wildman–Crippen MR) is 109 cm³/mol. The van der Waals surface area contributed by atoms with Gasteiger partial charge in [0, 0.05) is 30.4 Å². The molecule has 1 aliphatic heterocycles. The van der Waals surface area contributed by atoms with Crippen molar-refractivity contribution >= 4 is 27.3 Å². The lowest BCUT2D eigenvalue weighted by Crippen LogP contribution is -2.39. The highest BCUT2D eigenvalue weighted by molar-refractivity contribution is 7.89. The Morgan fingerprint density at radius 2 is 1.90 bits per heavy atom. The van der Waals surface area contributed by atoms with Crippen LogP contribution in [-0.2, 0) is 21.2 Å². The van der Waals surface area contributed by atoms with Crippen molar-refractivity contribution in [2.45, 2.75) is 31.1 Å². The van der Waals surface area contributed by atoms with Crippen LogP contribution in [0.4, 0.5) is 11.4 Å². The van der Waals surface area contributed by atoms with Gasteiger partial charge in [0.15, 0.2) is 0 Å². The molecule has 1 atom stereocenters. The molecule has 0 spiro atoms. The van der Waals surface area contributed by atoms with Crippen LogP contribution in [0.2, 0.25) is 0 Å². The van der Waals surface area contributed by atoms with Gasteiger partial charge >= 0.3 is 0 Å². The van der Waals surface area contributed by atoms with Crippen molar-refractivity contribution in [1.29, 1.82) is 0 Å². The van der Waals surface area contributed by atoms with Crippen molar-refractivity contribution in [2.75, 3.05) is 18.4 Å². The number of amides is 1. The van der Waals surface area contributed by atoms with E-state index in [0.717, 1.165) is 12.8 Å². The Morgan fingerprint density at radius 1 is 1.21 bits per heavy atom. The first-order valence-electron chi connectivity index (χ1n) is 9.40. The minimum atomic E-state index is -3.56. The second-order valence-corrected chi connectivity index (χ2v) is 9.18. The van der Waals surface area contributed by atoms with Gasteiger partial charge in [-0.3, -0.25) is 14.9 Å². The van der Waals surface area contributed by atoms with Gasteiger partial charge in [-0.2, -0.15) is 4.31 Å². The summed E-state index contributed by atoms with van der Waals surface area (Å²) >= 11 is 0. The topological polar surface area (TPSA) is 110 Å². The normalized spacial score (nSPS) is 17.6. The number of anilines is 1. The number of para-hydroxylation sites is 1. The molecule has 0 aromatic heterocycles. The fourth-order valence-corrected chi connectivity index (χ4v) is 5.04. The summed E-state index contributed by atoms with van der Waals surface area (Å²) in [6.07, 6.45) is 1.72. The number of rotatable bonds is 6. The summed E-state index contributed by atoms with van der Waals surface area (Å²) in [5.74, 6) is -0.0844. The molecule has 1 unspecified atom stereocenters. The lowest BCUT2D eigenvalue weighted by atomic mass is 10.0. The largest absolute Gasteiger partial charge is 0.326 e. The molecule has 8 nitrogen and oxygen atoms in total. The minimum absolute atomic E-state index is 0.111. The molecule has 0 radical (unpaired) electrons. The number of nitrogens with one attached hydrogen (secondary N) is 1. The lowest BCUT2D eigenvalue weighted by Gasteiger charge is -2.30. The third kappa shape index (κ3) is 4.99.